The van der Waals surface area contributed by atoms with Crippen molar-refractivity contribution in [1.82, 2.24) is 14.7 Å². The predicted octanol–water partition coefficient (Wildman–Crippen LogP) is 2.16. The van der Waals surface area contributed by atoms with E-state index in [1.165, 1.54) is 11.1 Å². The molecule has 0 N–H and O–H groups in total. The van der Waals surface area contributed by atoms with Crippen LogP contribution in [0.1, 0.15) is 48.2 Å². The van der Waals surface area contributed by atoms with Crippen molar-refractivity contribution >= 4 is 11.8 Å². The number of fused-ring (bicyclic) bond motifs is 1. The van der Waals surface area contributed by atoms with Gasteiger partial charge in [0.15, 0.2) is 0 Å². The quantitative estimate of drug-likeness (QED) is 0.782. The van der Waals surface area contributed by atoms with Crippen molar-refractivity contribution in [2.75, 3.05) is 45.9 Å². The molecule has 1 aromatic rings. The maximum atomic E-state index is 13.1. The molecule has 0 unspecified atom stereocenters. The molecule has 29 heavy (non-hydrogen) atoms. The van der Waals surface area contributed by atoms with Crippen LogP contribution in [0.25, 0.3) is 0 Å². The van der Waals surface area contributed by atoms with E-state index in [-0.39, 0.29) is 11.8 Å². The summed E-state index contributed by atoms with van der Waals surface area (Å²) in [6.07, 6.45) is 2.76. The number of ether oxygens (including phenoxy) is 1. The van der Waals surface area contributed by atoms with Crippen LogP contribution in [0.5, 0.6) is 0 Å². The molecule has 6 heteroatoms. The Hall–Kier alpha value is -1.92. The average Bonchev–Trinajstić information content (AvgIpc) is 2.78. The summed E-state index contributed by atoms with van der Waals surface area (Å²) >= 11 is 0. The highest BCUT2D eigenvalue weighted by Crippen LogP contribution is 2.26. The number of carbonyl (C=O) groups excluding carboxylic acids is 2. The molecule has 0 bridgehead atoms. The van der Waals surface area contributed by atoms with Gasteiger partial charge in [-0.25, -0.2) is 0 Å². The van der Waals surface area contributed by atoms with Gasteiger partial charge in [-0.3, -0.25) is 9.59 Å². The van der Waals surface area contributed by atoms with E-state index in [9.17, 15) is 9.59 Å². The minimum absolute atomic E-state index is 0.0894. The van der Waals surface area contributed by atoms with Gasteiger partial charge in [0.05, 0.1) is 13.2 Å². The van der Waals surface area contributed by atoms with Crippen LogP contribution < -0.4 is 0 Å². The van der Waals surface area contributed by atoms with E-state index < -0.39 is 0 Å². The Labute approximate surface area is 173 Å². The molecule has 1 aromatic carbocycles. The number of morpholine rings is 1. The summed E-state index contributed by atoms with van der Waals surface area (Å²) in [6, 6.07) is 6.56. The lowest BCUT2D eigenvalue weighted by Gasteiger charge is -2.37. The summed E-state index contributed by atoms with van der Waals surface area (Å²) in [5.74, 6) is 0.563. The van der Waals surface area contributed by atoms with Crippen LogP contribution in [0.3, 0.4) is 0 Å². The molecule has 4 rings (SSSR count). The average molecular weight is 400 g/mol. The zero-order valence-corrected chi connectivity index (χ0v) is 17.7. The van der Waals surface area contributed by atoms with Crippen molar-refractivity contribution in [1.29, 1.82) is 0 Å². The smallest absolute Gasteiger partial charge is 0.254 e. The van der Waals surface area contributed by atoms with E-state index in [4.69, 9.17) is 4.74 Å². The van der Waals surface area contributed by atoms with E-state index in [0.717, 1.165) is 44.5 Å². The van der Waals surface area contributed by atoms with E-state index in [0.29, 0.717) is 44.8 Å². The number of rotatable bonds is 3. The van der Waals surface area contributed by atoms with Gasteiger partial charge < -0.3 is 19.4 Å². The lowest BCUT2D eigenvalue weighted by atomic mass is 9.92. The van der Waals surface area contributed by atoms with Crippen LogP contribution in [-0.2, 0) is 22.5 Å². The van der Waals surface area contributed by atoms with Crippen LogP contribution in [-0.4, -0.2) is 78.5 Å². The molecule has 158 valence electrons. The maximum Gasteiger partial charge on any atom is 0.254 e. The van der Waals surface area contributed by atoms with Gasteiger partial charge in [0.1, 0.15) is 0 Å². The van der Waals surface area contributed by atoms with Crippen molar-refractivity contribution in [3.8, 4) is 0 Å². The van der Waals surface area contributed by atoms with Crippen molar-refractivity contribution in [3.05, 3.63) is 34.9 Å². The number of benzene rings is 1. The Kier molecular flexibility index (Phi) is 6.20. The van der Waals surface area contributed by atoms with Crippen LogP contribution in [0.4, 0.5) is 0 Å². The maximum absolute atomic E-state index is 13.1. The van der Waals surface area contributed by atoms with Crippen LogP contribution in [0.2, 0.25) is 0 Å². The summed E-state index contributed by atoms with van der Waals surface area (Å²) in [6.45, 7) is 10.5. The normalized spacial score (nSPS) is 21.3. The number of amides is 2. The molecule has 2 amide bonds. The minimum atomic E-state index is 0.0894. The van der Waals surface area contributed by atoms with Gasteiger partial charge in [0, 0.05) is 43.7 Å². The third kappa shape index (κ3) is 4.48. The third-order valence-corrected chi connectivity index (χ3v) is 6.68. The van der Waals surface area contributed by atoms with Crippen molar-refractivity contribution in [3.63, 3.8) is 0 Å². The minimum Gasteiger partial charge on any atom is -0.378 e. The molecule has 3 aliphatic heterocycles. The molecule has 3 aliphatic rings. The third-order valence-electron chi connectivity index (χ3n) is 6.68. The zero-order chi connectivity index (χ0) is 20.4. The standard InChI is InChI=1S/C23H33N3O3/c1-17(2)24-8-5-18(6-9-24)22(27)26-10-7-19-15-20(3-4-21(19)16-26)23(28)25-11-13-29-14-12-25/h3-4,15,17-18H,5-14,16H2,1-2H3. The second-order valence-corrected chi connectivity index (χ2v) is 8.80. The van der Waals surface area contributed by atoms with E-state index in [2.05, 4.69) is 18.7 Å². The Morgan fingerprint density at radius 2 is 1.69 bits per heavy atom. The second kappa shape index (κ2) is 8.84. The first kappa shape index (κ1) is 20.4. The van der Waals surface area contributed by atoms with Crippen molar-refractivity contribution < 1.29 is 14.3 Å². The molecular weight excluding hydrogens is 366 g/mol. The molecule has 0 radical (unpaired) electrons. The number of likely N-dealkylation sites (tertiary alicyclic amines) is 1. The lowest BCUT2D eigenvalue weighted by molar-refractivity contribution is -0.138. The fraction of sp³-hybridized carbons (Fsp3) is 0.652. The van der Waals surface area contributed by atoms with Gasteiger partial charge in [0.2, 0.25) is 5.91 Å². The predicted molar refractivity (Wildman–Crippen MR) is 112 cm³/mol. The van der Waals surface area contributed by atoms with Crippen LogP contribution in [0.15, 0.2) is 18.2 Å². The largest absolute Gasteiger partial charge is 0.378 e. The molecule has 2 fully saturated rings. The monoisotopic (exact) mass is 399 g/mol. The van der Waals surface area contributed by atoms with Crippen LogP contribution in [0, 0.1) is 5.92 Å². The lowest BCUT2D eigenvalue weighted by Crippen LogP contribution is -2.45. The molecular formula is C23H33N3O3. The first-order chi connectivity index (χ1) is 14.0. The second-order valence-electron chi connectivity index (χ2n) is 8.80. The Morgan fingerprint density at radius 1 is 0.966 bits per heavy atom. The van der Waals surface area contributed by atoms with Crippen molar-refractivity contribution in [2.24, 2.45) is 5.92 Å². The van der Waals surface area contributed by atoms with E-state index in [1.54, 1.807) is 0 Å². The number of nitrogens with zero attached hydrogens (tertiary/aromatic N) is 3. The number of hydrogen-bond donors (Lipinski definition) is 0. The Balaban J connectivity index is 1.37. The summed E-state index contributed by atoms with van der Waals surface area (Å²) in [5, 5.41) is 0. The molecule has 2 saturated heterocycles. The van der Waals surface area contributed by atoms with Gasteiger partial charge in [-0.05, 0) is 69.5 Å². The number of hydrogen-bond acceptors (Lipinski definition) is 4. The molecule has 6 nitrogen and oxygen atoms in total. The first-order valence-electron chi connectivity index (χ1n) is 11.0. The molecule has 0 atom stereocenters. The first-order valence-corrected chi connectivity index (χ1v) is 11.0. The van der Waals surface area contributed by atoms with Gasteiger partial charge in [-0.2, -0.15) is 0 Å². The van der Waals surface area contributed by atoms with Gasteiger partial charge >= 0.3 is 0 Å². The zero-order valence-electron chi connectivity index (χ0n) is 17.7. The van der Waals surface area contributed by atoms with Crippen LogP contribution >= 0.6 is 0 Å². The van der Waals surface area contributed by atoms with Gasteiger partial charge in [0.25, 0.3) is 5.91 Å². The fourth-order valence-corrected chi connectivity index (χ4v) is 4.74. The topological polar surface area (TPSA) is 53.1 Å². The molecule has 3 heterocycles. The highest BCUT2D eigenvalue weighted by atomic mass is 16.5. The fourth-order valence-electron chi connectivity index (χ4n) is 4.74. The van der Waals surface area contributed by atoms with Gasteiger partial charge in [-0.1, -0.05) is 6.07 Å². The molecule has 0 saturated carbocycles. The summed E-state index contributed by atoms with van der Waals surface area (Å²) in [4.78, 5) is 32.2. The Morgan fingerprint density at radius 3 is 2.38 bits per heavy atom. The summed E-state index contributed by atoms with van der Waals surface area (Å²) in [5.41, 5.74) is 3.15. The highest BCUT2D eigenvalue weighted by molar-refractivity contribution is 5.94. The molecule has 0 aliphatic carbocycles. The summed E-state index contributed by atoms with van der Waals surface area (Å²) < 4.78 is 5.34. The summed E-state index contributed by atoms with van der Waals surface area (Å²) in [7, 11) is 0. The molecule has 0 spiro atoms. The van der Waals surface area contributed by atoms with E-state index in [1.807, 2.05) is 28.0 Å². The van der Waals surface area contributed by atoms with Crippen molar-refractivity contribution in [2.45, 2.75) is 45.7 Å². The number of carbonyl (C=O) groups is 2. The molecule has 0 aromatic heterocycles. The van der Waals surface area contributed by atoms with Gasteiger partial charge in [-0.15, -0.1) is 0 Å². The van der Waals surface area contributed by atoms with E-state index >= 15 is 0 Å². The number of piperidine rings is 1. The highest BCUT2D eigenvalue weighted by Gasteiger charge is 2.31. The SMILES string of the molecule is CC(C)N1CCC(C(=O)N2CCc3cc(C(=O)N4CCOCC4)ccc3C2)CC1. The Bertz CT molecular complexity index is 750.